The summed E-state index contributed by atoms with van der Waals surface area (Å²) >= 11 is 0. The Morgan fingerprint density at radius 2 is 2.13 bits per heavy atom. The van der Waals surface area contributed by atoms with Crippen molar-refractivity contribution in [3.63, 3.8) is 0 Å². The van der Waals surface area contributed by atoms with Gasteiger partial charge >= 0.3 is 0 Å². The Hall–Kier alpha value is -3.42. The van der Waals surface area contributed by atoms with E-state index in [2.05, 4.69) is 41.3 Å². The molecule has 0 unspecified atom stereocenters. The highest BCUT2D eigenvalue weighted by Gasteiger charge is 2.18. The van der Waals surface area contributed by atoms with Crippen molar-refractivity contribution in [3.05, 3.63) is 41.9 Å². The summed E-state index contributed by atoms with van der Waals surface area (Å²) in [6.07, 6.45) is 4.37. The molecule has 31 heavy (non-hydrogen) atoms. The second-order valence-corrected chi connectivity index (χ2v) is 7.24. The van der Waals surface area contributed by atoms with E-state index in [1.165, 1.54) is 0 Å². The molecule has 8 nitrogen and oxygen atoms in total. The molecule has 0 saturated heterocycles. The van der Waals surface area contributed by atoms with Crippen molar-refractivity contribution < 1.29 is 9.57 Å². The molecule has 2 rings (SSSR count). The average molecular weight is 425 g/mol. The zero-order valence-corrected chi connectivity index (χ0v) is 19.0. The maximum atomic E-state index is 8.31. The maximum Gasteiger partial charge on any atom is 0.222 e. The summed E-state index contributed by atoms with van der Waals surface area (Å²) in [6.45, 7) is 14.1. The molecule has 0 fully saturated rings. The van der Waals surface area contributed by atoms with Crippen LogP contribution in [0.25, 0.3) is 11.3 Å². The van der Waals surface area contributed by atoms with Crippen LogP contribution in [0.15, 0.2) is 41.4 Å². The molecule has 2 aromatic rings. The fraction of sp³-hybridized carbons (Fsp3) is 0.391. The number of aromatic nitrogens is 2. The van der Waals surface area contributed by atoms with Gasteiger partial charge in [0.2, 0.25) is 5.88 Å². The standard InChI is InChI=1S/C23H32N6O2/c1-7-30-23-18(11-9-13-27-23)19-14-20(26-12-8-10-16(4)31-25-6)22(28-15(2)3)21(29-19)17(5)24/h9-11,13-15,24,28H,6-8,12H2,1-5H3,(H,26,29)/b16-10-,24-17?. The monoisotopic (exact) mass is 424 g/mol. The third kappa shape index (κ3) is 6.80. The molecule has 0 spiro atoms. The van der Waals surface area contributed by atoms with Crippen molar-refractivity contribution in [1.29, 1.82) is 5.41 Å². The van der Waals surface area contributed by atoms with Gasteiger partial charge in [0.15, 0.2) is 0 Å². The van der Waals surface area contributed by atoms with E-state index in [0.717, 1.165) is 23.4 Å². The van der Waals surface area contributed by atoms with Gasteiger partial charge in [0.25, 0.3) is 0 Å². The molecule has 2 aromatic heterocycles. The van der Waals surface area contributed by atoms with E-state index in [4.69, 9.17) is 20.0 Å². The summed E-state index contributed by atoms with van der Waals surface area (Å²) in [5.74, 6) is 1.22. The van der Waals surface area contributed by atoms with Gasteiger partial charge in [0.05, 0.1) is 35.0 Å². The Morgan fingerprint density at radius 1 is 1.35 bits per heavy atom. The number of rotatable bonds is 12. The number of ether oxygens (including phenoxy) is 1. The van der Waals surface area contributed by atoms with Gasteiger partial charge in [-0.25, -0.2) is 9.97 Å². The largest absolute Gasteiger partial charge is 0.477 e. The first-order valence-electron chi connectivity index (χ1n) is 10.4. The van der Waals surface area contributed by atoms with E-state index in [9.17, 15) is 0 Å². The lowest BCUT2D eigenvalue weighted by Gasteiger charge is -2.21. The molecule has 166 valence electrons. The van der Waals surface area contributed by atoms with Crippen LogP contribution in [-0.2, 0) is 4.84 Å². The van der Waals surface area contributed by atoms with Crippen LogP contribution in [0.5, 0.6) is 5.88 Å². The Bertz CT molecular complexity index is 940. The zero-order chi connectivity index (χ0) is 22.8. The number of hydrogen-bond acceptors (Lipinski definition) is 8. The lowest BCUT2D eigenvalue weighted by Crippen LogP contribution is -2.17. The summed E-state index contributed by atoms with van der Waals surface area (Å²) in [6, 6.07) is 5.92. The summed E-state index contributed by atoms with van der Waals surface area (Å²) in [5, 5.41) is 18.6. The molecule has 0 saturated carbocycles. The number of nitrogens with zero attached hydrogens (tertiary/aromatic N) is 3. The van der Waals surface area contributed by atoms with Gasteiger partial charge in [0.1, 0.15) is 11.5 Å². The SMILES string of the molecule is C=NO/C(C)=C\CCNc1cc(-c2cccnc2OCC)nc(C(C)=N)c1NC(C)C. The summed E-state index contributed by atoms with van der Waals surface area (Å²) in [5.41, 5.74) is 4.10. The quantitative estimate of drug-likeness (QED) is 0.190. The third-order valence-corrected chi connectivity index (χ3v) is 4.24. The highest BCUT2D eigenvalue weighted by molar-refractivity contribution is 6.03. The molecule has 0 aliphatic heterocycles. The number of allylic oxidation sites excluding steroid dienone is 1. The van der Waals surface area contributed by atoms with Crippen LogP contribution in [0.3, 0.4) is 0 Å². The predicted octanol–water partition coefficient (Wildman–Crippen LogP) is 5.09. The van der Waals surface area contributed by atoms with Gasteiger partial charge < -0.3 is 25.6 Å². The fourth-order valence-electron chi connectivity index (χ4n) is 2.99. The molecule has 0 aromatic carbocycles. The van der Waals surface area contributed by atoms with Crippen LogP contribution in [0, 0.1) is 5.41 Å². The summed E-state index contributed by atoms with van der Waals surface area (Å²) in [4.78, 5) is 14.1. The third-order valence-electron chi connectivity index (χ3n) is 4.24. The Morgan fingerprint density at radius 3 is 2.77 bits per heavy atom. The molecule has 2 heterocycles. The van der Waals surface area contributed by atoms with E-state index in [0.29, 0.717) is 41.9 Å². The fourth-order valence-corrected chi connectivity index (χ4v) is 2.99. The second kappa shape index (κ2) is 11.7. The number of nitrogens with one attached hydrogen (secondary N) is 3. The zero-order valence-electron chi connectivity index (χ0n) is 19.0. The number of hydrogen-bond donors (Lipinski definition) is 3. The molecule has 8 heteroatoms. The number of anilines is 2. The number of pyridine rings is 2. The molecule has 0 radical (unpaired) electrons. The van der Waals surface area contributed by atoms with E-state index in [1.807, 2.05) is 38.1 Å². The Labute approximate surface area is 184 Å². The number of oxime groups is 1. The van der Waals surface area contributed by atoms with E-state index in [1.54, 1.807) is 13.1 Å². The van der Waals surface area contributed by atoms with Crippen molar-refractivity contribution in [1.82, 2.24) is 9.97 Å². The van der Waals surface area contributed by atoms with Crippen LogP contribution in [0.4, 0.5) is 11.4 Å². The van der Waals surface area contributed by atoms with Crippen molar-refractivity contribution in [3.8, 4) is 17.1 Å². The van der Waals surface area contributed by atoms with Gasteiger partial charge in [0, 0.05) is 25.5 Å². The minimum absolute atomic E-state index is 0.179. The van der Waals surface area contributed by atoms with Crippen molar-refractivity contribution in [2.45, 2.75) is 47.1 Å². The molecule has 0 aliphatic carbocycles. The average Bonchev–Trinajstić information content (AvgIpc) is 2.72. The van der Waals surface area contributed by atoms with Crippen LogP contribution >= 0.6 is 0 Å². The van der Waals surface area contributed by atoms with Crippen molar-refractivity contribution in [2.24, 2.45) is 5.16 Å². The van der Waals surface area contributed by atoms with E-state index in [-0.39, 0.29) is 6.04 Å². The normalized spacial score (nSPS) is 11.2. The van der Waals surface area contributed by atoms with Gasteiger partial charge in [-0.3, -0.25) is 0 Å². The van der Waals surface area contributed by atoms with Crippen LogP contribution < -0.4 is 15.4 Å². The molecule has 0 atom stereocenters. The van der Waals surface area contributed by atoms with Gasteiger partial charge in [-0.2, -0.15) is 0 Å². The minimum Gasteiger partial charge on any atom is -0.477 e. The first-order valence-corrected chi connectivity index (χ1v) is 10.4. The first kappa shape index (κ1) is 23.9. The van der Waals surface area contributed by atoms with Gasteiger partial charge in [-0.1, -0.05) is 5.16 Å². The van der Waals surface area contributed by atoms with Gasteiger partial charge in [-0.05, 0) is 65.3 Å². The maximum absolute atomic E-state index is 8.31. The Kier molecular flexibility index (Phi) is 8.99. The molecule has 3 N–H and O–H groups in total. The smallest absolute Gasteiger partial charge is 0.222 e. The Balaban J connectivity index is 2.48. The lowest BCUT2D eigenvalue weighted by atomic mass is 10.1. The lowest BCUT2D eigenvalue weighted by molar-refractivity contribution is 0.231. The molecule has 0 bridgehead atoms. The summed E-state index contributed by atoms with van der Waals surface area (Å²) in [7, 11) is 0. The van der Waals surface area contributed by atoms with Crippen molar-refractivity contribution in [2.75, 3.05) is 23.8 Å². The van der Waals surface area contributed by atoms with Crippen molar-refractivity contribution >= 4 is 23.8 Å². The summed E-state index contributed by atoms with van der Waals surface area (Å²) < 4.78 is 5.70. The highest BCUT2D eigenvalue weighted by atomic mass is 16.6. The second-order valence-electron chi connectivity index (χ2n) is 7.24. The van der Waals surface area contributed by atoms with E-state index >= 15 is 0 Å². The minimum atomic E-state index is 0.179. The van der Waals surface area contributed by atoms with Crippen LogP contribution in [-0.4, -0.2) is 41.6 Å². The first-order chi connectivity index (χ1) is 14.9. The molecular weight excluding hydrogens is 392 g/mol. The molecule has 0 amide bonds. The van der Waals surface area contributed by atoms with Gasteiger partial charge in [-0.15, -0.1) is 0 Å². The van der Waals surface area contributed by atoms with Crippen LogP contribution in [0.2, 0.25) is 0 Å². The topological polar surface area (TPSA) is 105 Å². The molecule has 0 aliphatic rings. The molecular formula is C23H32N6O2. The van der Waals surface area contributed by atoms with Crippen LogP contribution in [0.1, 0.15) is 46.7 Å². The predicted molar refractivity (Wildman–Crippen MR) is 127 cm³/mol. The highest BCUT2D eigenvalue weighted by Crippen LogP contribution is 2.34. The van der Waals surface area contributed by atoms with E-state index < -0.39 is 0 Å².